The molecular weight excluding hydrogens is 946 g/mol. The summed E-state index contributed by atoms with van der Waals surface area (Å²) < 4.78 is 85.9. The molecule has 0 saturated carbocycles. The summed E-state index contributed by atoms with van der Waals surface area (Å²) in [7, 11) is -4.96. The topological polar surface area (TPSA) is 195 Å². The molecule has 1 spiro atoms. The fourth-order valence-electron chi connectivity index (χ4n) is 10.2. The van der Waals surface area contributed by atoms with Crippen LogP contribution in [-0.4, -0.2) is 132 Å². The highest BCUT2D eigenvalue weighted by atomic mass is 32.2. The molecule has 3 aromatic carbocycles. The molecule has 0 aliphatic carbocycles. The Hall–Kier alpha value is -6.84. The van der Waals surface area contributed by atoms with Crippen molar-refractivity contribution >= 4 is 62.2 Å². The highest BCUT2D eigenvalue weighted by Crippen LogP contribution is 2.43. The van der Waals surface area contributed by atoms with Gasteiger partial charge in [-0.15, -0.1) is 0 Å². The van der Waals surface area contributed by atoms with E-state index < -0.39 is 75.2 Å². The Bertz CT molecular complexity index is 3110. The van der Waals surface area contributed by atoms with Gasteiger partial charge in [0.15, 0.2) is 5.82 Å². The Balaban J connectivity index is 0.747. The Morgan fingerprint density at radius 3 is 2.42 bits per heavy atom. The highest BCUT2D eigenvalue weighted by molar-refractivity contribution is 7.91. The van der Waals surface area contributed by atoms with E-state index in [-0.39, 0.29) is 57.5 Å². The van der Waals surface area contributed by atoms with Gasteiger partial charge < -0.3 is 29.2 Å². The zero-order valence-electron chi connectivity index (χ0n) is 39.2. The van der Waals surface area contributed by atoms with Crippen LogP contribution in [0.4, 0.5) is 29.3 Å². The van der Waals surface area contributed by atoms with Gasteiger partial charge in [0.25, 0.3) is 5.91 Å². The largest absolute Gasteiger partial charge is 0.494 e. The van der Waals surface area contributed by atoms with Crippen LogP contribution in [-0.2, 0) is 31.1 Å². The molecule has 372 valence electrons. The fraction of sp³-hybridized carbons (Fsp3) is 0.400. The van der Waals surface area contributed by atoms with Crippen LogP contribution in [0.3, 0.4) is 0 Å². The summed E-state index contributed by atoms with van der Waals surface area (Å²) in [5.41, 5.74) is 0.758. The maximum absolute atomic E-state index is 16.6. The van der Waals surface area contributed by atoms with Crippen molar-refractivity contribution < 1.29 is 55.0 Å². The number of aromatic amines is 1. The summed E-state index contributed by atoms with van der Waals surface area (Å²) in [6.07, 6.45) is 0.997. The molecule has 0 radical (unpaired) electrons. The lowest BCUT2D eigenvalue weighted by Gasteiger charge is -2.61. The third kappa shape index (κ3) is 9.10. The number of ether oxygens (including phenoxy) is 2. The van der Waals surface area contributed by atoms with Crippen molar-refractivity contribution in [2.75, 3.05) is 61.6 Å². The molecule has 2 N–H and O–H groups in total. The minimum absolute atomic E-state index is 0.00779. The van der Waals surface area contributed by atoms with E-state index in [1.807, 2.05) is 30.3 Å². The van der Waals surface area contributed by atoms with Gasteiger partial charge in [0.2, 0.25) is 17.6 Å². The van der Waals surface area contributed by atoms with E-state index >= 15 is 8.78 Å². The van der Waals surface area contributed by atoms with Gasteiger partial charge >= 0.3 is 16.3 Å². The van der Waals surface area contributed by atoms with E-state index in [0.29, 0.717) is 46.8 Å². The van der Waals surface area contributed by atoms with E-state index in [2.05, 4.69) is 25.1 Å². The van der Waals surface area contributed by atoms with Crippen LogP contribution < -0.4 is 19.3 Å². The van der Waals surface area contributed by atoms with Gasteiger partial charge in [0, 0.05) is 104 Å². The summed E-state index contributed by atoms with van der Waals surface area (Å²) in [6.45, 7) is 8.93. The zero-order chi connectivity index (χ0) is 50.1. The molecule has 2 unspecified atom stereocenters. The van der Waals surface area contributed by atoms with Gasteiger partial charge in [-0.2, -0.15) is 17.0 Å². The normalized spacial score (nSPS) is 20.2. The van der Waals surface area contributed by atoms with Crippen molar-refractivity contribution in [3.05, 3.63) is 107 Å². The molecular formula is C50H51F3N8O9S. The highest BCUT2D eigenvalue weighted by Gasteiger charge is 2.51. The van der Waals surface area contributed by atoms with Gasteiger partial charge in [-0.3, -0.25) is 24.5 Å². The number of rotatable bonds is 13. The molecule has 71 heavy (non-hydrogen) atoms. The summed E-state index contributed by atoms with van der Waals surface area (Å²) in [4.78, 5) is 78.1. The maximum Gasteiger partial charge on any atom is 0.430 e. The number of ketones is 1. The number of halogens is 3. The number of imide groups is 1. The molecule has 7 heterocycles. The predicted molar refractivity (Wildman–Crippen MR) is 254 cm³/mol. The number of alkyl halides is 1. The summed E-state index contributed by atoms with van der Waals surface area (Å²) in [5.74, 6) is -4.39. The Kier molecular flexibility index (Phi) is 12.2. The molecule has 5 aliphatic heterocycles. The Labute approximate surface area is 407 Å². The number of anilines is 2. The van der Waals surface area contributed by atoms with E-state index in [9.17, 15) is 36.8 Å². The second-order valence-corrected chi connectivity index (χ2v) is 21.7. The van der Waals surface area contributed by atoms with Crippen LogP contribution in [0.25, 0.3) is 22.2 Å². The molecule has 10 rings (SSSR count). The number of piperidine rings is 1. The second-order valence-electron chi connectivity index (χ2n) is 19.9. The quantitative estimate of drug-likeness (QED) is 0.0781. The molecule has 5 aliphatic rings. The van der Waals surface area contributed by atoms with Crippen LogP contribution in [0.5, 0.6) is 5.75 Å². The van der Waals surface area contributed by atoms with Crippen LogP contribution >= 0.6 is 0 Å². The number of H-pyrrole nitrogens is 1. The lowest BCUT2D eigenvalue weighted by Crippen LogP contribution is -2.72. The molecule has 2 atom stereocenters. The van der Waals surface area contributed by atoms with E-state index in [1.165, 1.54) is 31.9 Å². The second kappa shape index (κ2) is 18.1. The van der Waals surface area contributed by atoms with Crippen molar-refractivity contribution in [3.63, 3.8) is 0 Å². The number of likely N-dealkylation sites (tertiary alicyclic amines) is 1. The average molecular weight is 997 g/mol. The third-order valence-corrected chi connectivity index (χ3v) is 15.4. The van der Waals surface area contributed by atoms with Gasteiger partial charge in [0.05, 0.1) is 12.2 Å². The van der Waals surface area contributed by atoms with Crippen molar-refractivity contribution in [2.24, 2.45) is 5.41 Å². The lowest BCUT2D eigenvalue weighted by molar-refractivity contribution is -0.136. The number of fused-ring (bicyclic) bond motifs is 2. The first-order valence-electron chi connectivity index (χ1n) is 23.4. The number of carbonyl (C=O) groups is 5. The molecule has 4 saturated heterocycles. The van der Waals surface area contributed by atoms with Gasteiger partial charge in [-0.1, -0.05) is 12.1 Å². The number of nitrogens with one attached hydrogen (secondary N) is 2. The predicted octanol–water partition coefficient (Wildman–Crippen LogP) is 6.12. The molecule has 17 nitrogen and oxygen atoms in total. The minimum atomic E-state index is -4.96. The molecule has 0 bridgehead atoms. The zero-order valence-corrected chi connectivity index (χ0v) is 40.0. The summed E-state index contributed by atoms with van der Waals surface area (Å²) in [5, 5.41) is 2.57. The fourth-order valence-corrected chi connectivity index (χ4v) is 11.7. The van der Waals surface area contributed by atoms with Crippen molar-refractivity contribution in [2.45, 2.75) is 70.8 Å². The standard InChI is InChI=1S/C50H51F3N8O9S/c1-49(2,3)70-48(66)61(71(67,68)59-17-15-32(51)24-59)39-12-11-38(52)42(43(39)53)44(63)37-22-55-45-36(37)20-30(21-54-45)29-5-7-33(8-6-29)58-27-50(28-58)25-57(26-50)16-4-18-69-34-9-10-35-31(19-34)23-60(47(35)65)40-13-14-41(62)56-46(40)64/h5-12,19-22,32,40H,4,13-18,23-28H2,1-3H3,(H,54,55)(H,56,62,64). The number of hydrogen-bond acceptors (Lipinski definition) is 12. The third-order valence-electron chi connectivity index (χ3n) is 13.6. The molecule has 21 heteroatoms. The first-order valence-corrected chi connectivity index (χ1v) is 24.8. The lowest BCUT2D eigenvalue weighted by atomic mass is 9.72. The van der Waals surface area contributed by atoms with Gasteiger partial charge in [0.1, 0.15) is 40.7 Å². The van der Waals surface area contributed by atoms with Crippen LogP contribution in [0, 0.1) is 17.0 Å². The molecule has 5 aromatic rings. The number of pyridine rings is 1. The molecule has 4 fully saturated rings. The van der Waals surface area contributed by atoms with Crippen molar-refractivity contribution in [3.8, 4) is 16.9 Å². The van der Waals surface area contributed by atoms with E-state index in [0.717, 1.165) is 62.0 Å². The van der Waals surface area contributed by atoms with E-state index in [4.69, 9.17) is 9.47 Å². The maximum atomic E-state index is 16.6. The Morgan fingerprint density at radius 2 is 1.72 bits per heavy atom. The van der Waals surface area contributed by atoms with E-state index in [1.54, 1.807) is 24.4 Å². The minimum Gasteiger partial charge on any atom is -0.494 e. The number of hydrogen-bond donors (Lipinski definition) is 2. The van der Waals surface area contributed by atoms with Gasteiger partial charge in [-0.25, -0.2) is 22.9 Å². The number of aromatic nitrogens is 2. The Morgan fingerprint density at radius 1 is 0.958 bits per heavy atom. The number of carbonyl (C=O) groups excluding carboxylic acids is 5. The monoisotopic (exact) mass is 996 g/mol. The first-order chi connectivity index (χ1) is 33.8. The van der Waals surface area contributed by atoms with Crippen LogP contribution in [0.1, 0.15) is 78.3 Å². The molecule has 4 amide bonds. The number of nitrogens with zero attached hydrogens (tertiary/aromatic N) is 6. The smallest absolute Gasteiger partial charge is 0.430 e. The van der Waals surface area contributed by atoms with Gasteiger partial charge in [-0.05, 0) is 99.7 Å². The SMILES string of the molecule is CC(C)(C)OC(=O)N(c1ccc(F)c(C(=O)c2c[nH]c3ncc(-c4ccc(N5CC6(CN(CCCOc7ccc8c(c7)CN(C7CCC(=O)NC7=O)C8=O)C6)C5)cc4)cc23)c1F)S(=O)(=O)N1CCC(F)C1. The van der Waals surface area contributed by atoms with Crippen LogP contribution in [0.2, 0.25) is 0 Å². The number of benzene rings is 3. The summed E-state index contributed by atoms with van der Waals surface area (Å²) >= 11 is 0. The number of amides is 4. The van der Waals surface area contributed by atoms with Crippen LogP contribution in [0.15, 0.2) is 73.1 Å². The first kappa shape index (κ1) is 47.8. The summed E-state index contributed by atoms with van der Waals surface area (Å²) in [6, 6.07) is 15.6. The average Bonchev–Trinajstić information content (AvgIpc) is 4.02. The van der Waals surface area contributed by atoms with Crippen molar-refractivity contribution in [1.82, 2.24) is 29.4 Å². The van der Waals surface area contributed by atoms with Crippen molar-refractivity contribution in [1.29, 1.82) is 0 Å². The molecule has 2 aromatic heterocycles.